The zero-order valence-electron chi connectivity index (χ0n) is 17.7. The number of fused-ring (bicyclic) bond motifs is 1. The van der Waals surface area contributed by atoms with Crippen molar-refractivity contribution in [1.29, 1.82) is 0 Å². The molecule has 0 spiro atoms. The number of aromatic nitrogens is 1. The molecule has 4 rings (SSSR count). The van der Waals surface area contributed by atoms with Crippen molar-refractivity contribution in [1.82, 2.24) is 9.88 Å². The van der Waals surface area contributed by atoms with E-state index >= 15 is 0 Å². The molecule has 3 aromatic carbocycles. The zero-order valence-corrected chi connectivity index (χ0v) is 18.5. The summed E-state index contributed by atoms with van der Waals surface area (Å²) < 4.78 is 14.3. The van der Waals surface area contributed by atoms with Gasteiger partial charge in [-0.05, 0) is 74.1 Å². The Balaban J connectivity index is 1.75. The van der Waals surface area contributed by atoms with Crippen LogP contribution in [-0.2, 0) is 6.54 Å². The largest absolute Gasteiger partial charge is 0.396 e. The third-order valence-corrected chi connectivity index (χ3v) is 5.63. The Labute approximate surface area is 186 Å². The van der Waals surface area contributed by atoms with Crippen LogP contribution in [0.1, 0.15) is 11.1 Å². The molecule has 0 aliphatic carbocycles. The number of nitrogens with two attached hydrogens (primary N) is 1. The predicted octanol–water partition coefficient (Wildman–Crippen LogP) is 6.39. The summed E-state index contributed by atoms with van der Waals surface area (Å²) >= 11 is 6.21. The summed E-state index contributed by atoms with van der Waals surface area (Å²) in [5, 5.41) is 4.68. The van der Waals surface area contributed by atoms with E-state index in [1.807, 2.05) is 44.4 Å². The van der Waals surface area contributed by atoms with Crippen LogP contribution in [0.4, 0.5) is 21.5 Å². The average Bonchev–Trinajstić information content (AvgIpc) is 2.74. The highest BCUT2D eigenvalue weighted by Crippen LogP contribution is 2.35. The number of nitrogens with one attached hydrogen (secondary N) is 1. The van der Waals surface area contributed by atoms with Crippen LogP contribution in [0.2, 0.25) is 5.02 Å². The lowest BCUT2D eigenvalue weighted by atomic mass is 10.0. The lowest BCUT2D eigenvalue weighted by Gasteiger charge is -2.15. The monoisotopic (exact) mass is 434 g/mol. The van der Waals surface area contributed by atoms with Crippen molar-refractivity contribution in [2.75, 3.05) is 25.1 Å². The molecule has 4 nitrogen and oxygen atoms in total. The highest BCUT2D eigenvalue weighted by atomic mass is 35.5. The van der Waals surface area contributed by atoms with E-state index in [0.29, 0.717) is 21.8 Å². The molecule has 6 heteroatoms. The Morgan fingerprint density at radius 2 is 1.77 bits per heavy atom. The van der Waals surface area contributed by atoms with E-state index in [0.717, 1.165) is 34.4 Å². The number of nitrogens with zero attached hydrogens (tertiary/aromatic N) is 2. The highest BCUT2D eigenvalue weighted by Gasteiger charge is 2.12. The molecule has 0 fully saturated rings. The molecule has 1 aromatic heterocycles. The maximum atomic E-state index is 14.3. The minimum Gasteiger partial charge on any atom is -0.396 e. The van der Waals surface area contributed by atoms with Gasteiger partial charge in [-0.25, -0.2) is 4.39 Å². The molecule has 0 unspecified atom stereocenters. The van der Waals surface area contributed by atoms with Gasteiger partial charge in [-0.2, -0.15) is 0 Å². The first-order chi connectivity index (χ1) is 14.8. The van der Waals surface area contributed by atoms with Crippen LogP contribution in [0, 0.1) is 12.7 Å². The number of pyridine rings is 1. The average molecular weight is 435 g/mol. The van der Waals surface area contributed by atoms with Crippen LogP contribution in [0.5, 0.6) is 0 Å². The van der Waals surface area contributed by atoms with Crippen molar-refractivity contribution in [2.24, 2.45) is 0 Å². The van der Waals surface area contributed by atoms with E-state index in [9.17, 15) is 4.39 Å². The predicted molar refractivity (Wildman–Crippen MR) is 128 cm³/mol. The van der Waals surface area contributed by atoms with Gasteiger partial charge in [0.05, 0.1) is 23.1 Å². The van der Waals surface area contributed by atoms with Crippen molar-refractivity contribution in [3.63, 3.8) is 0 Å². The number of anilines is 3. The van der Waals surface area contributed by atoms with Crippen LogP contribution >= 0.6 is 11.6 Å². The minimum absolute atomic E-state index is 0.329. The third kappa shape index (κ3) is 4.48. The summed E-state index contributed by atoms with van der Waals surface area (Å²) in [4.78, 5) is 6.57. The molecule has 0 radical (unpaired) electrons. The van der Waals surface area contributed by atoms with Crippen LogP contribution in [0.15, 0.2) is 60.8 Å². The maximum Gasteiger partial charge on any atom is 0.128 e. The van der Waals surface area contributed by atoms with Crippen molar-refractivity contribution in [2.45, 2.75) is 13.5 Å². The second-order valence-corrected chi connectivity index (χ2v) is 8.35. The molecule has 0 amide bonds. The van der Waals surface area contributed by atoms with Gasteiger partial charge in [0.25, 0.3) is 0 Å². The van der Waals surface area contributed by atoms with Crippen molar-refractivity contribution in [3.05, 3.63) is 82.8 Å². The molecule has 0 aliphatic rings. The van der Waals surface area contributed by atoms with Crippen LogP contribution in [0.3, 0.4) is 0 Å². The molecule has 0 saturated heterocycles. The molecule has 0 atom stereocenters. The fraction of sp³-hybridized carbons (Fsp3) is 0.160. The van der Waals surface area contributed by atoms with E-state index in [-0.39, 0.29) is 5.82 Å². The van der Waals surface area contributed by atoms with Gasteiger partial charge >= 0.3 is 0 Å². The standard InChI is InChI=1S/C25H24ClFN4/c1-15-21(26)11-18(12-22(15)27)17-6-9-24-20(10-17)25(23(28)13-29-24)30-19-7-4-16(5-8-19)14-31(2)3/h4-13H,14,28H2,1-3H3,(H,29,30). The van der Waals surface area contributed by atoms with Gasteiger partial charge < -0.3 is 16.0 Å². The third-order valence-electron chi connectivity index (χ3n) is 5.23. The highest BCUT2D eigenvalue weighted by molar-refractivity contribution is 6.31. The topological polar surface area (TPSA) is 54.2 Å². The quantitative estimate of drug-likeness (QED) is 0.382. The van der Waals surface area contributed by atoms with Crippen LogP contribution in [0.25, 0.3) is 22.0 Å². The first kappa shape index (κ1) is 21.1. The number of halogens is 2. The van der Waals surface area contributed by atoms with Gasteiger partial charge in [-0.15, -0.1) is 0 Å². The molecular weight excluding hydrogens is 411 g/mol. The Morgan fingerprint density at radius 1 is 1.03 bits per heavy atom. The summed E-state index contributed by atoms with van der Waals surface area (Å²) in [6.45, 7) is 2.54. The second-order valence-electron chi connectivity index (χ2n) is 7.95. The van der Waals surface area contributed by atoms with Gasteiger partial charge in [0, 0.05) is 28.2 Å². The SMILES string of the molecule is Cc1c(F)cc(-c2ccc3ncc(N)c(Nc4ccc(CN(C)C)cc4)c3c2)cc1Cl. The van der Waals surface area contributed by atoms with E-state index in [1.54, 1.807) is 19.2 Å². The summed E-state index contributed by atoms with van der Waals surface area (Å²) in [7, 11) is 4.08. The molecule has 0 saturated carbocycles. The first-order valence-electron chi connectivity index (χ1n) is 9.97. The van der Waals surface area contributed by atoms with Gasteiger partial charge in [0.2, 0.25) is 0 Å². The zero-order chi connectivity index (χ0) is 22.1. The van der Waals surface area contributed by atoms with Crippen molar-refractivity contribution >= 4 is 39.6 Å². The number of rotatable bonds is 5. The molecular formula is C25H24ClFN4. The summed E-state index contributed by atoms with van der Waals surface area (Å²) in [5.41, 5.74) is 12.5. The molecule has 158 valence electrons. The maximum absolute atomic E-state index is 14.3. The summed E-state index contributed by atoms with van der Waals surface area (Å²) in [6, 6.07) is 17.3. The smallest absolute Gasteiger partial charge is 0.128 e. The van der Waals surface area contributed by atoms with Gasteiger partial charge in [-0.1, -0.05) is 29.8 Å². The molecule has 4 aromatic rings. The fourth-order valence-corrected chi connectivity index (χ4v) is 3.75. The number of hydrogen-bond donors (Lipinski definition) is 2. The lowest BCUT2D eigenvalue weighted by molar-refractivity contribution is 0.402. The fourth-order valence-electron chi connectivity index (χ4n) is 3.54. The van der Waals surface area contributed by atoms with Gasteiger partial charge in [0.1, 0.15) is 5.82 Å². The Bertz CT molecular complexity index is 1230. The molecule has 0 bridgehead atoms. The molecule has 3 N–H and O–H groups in total. The van der Waals surface area contributed by atoms with E-state index in [4.69, 9.17) is 17.3 Å². The van der Waals surface area contributed by atoms with E-state index < -0.39 is 0 Å². The summed E-state index contributed by atoms with van der Waals surface area (Å²) in [6.07, 6.45) is 1.65. The second kappa shape index (κ2) is 8.53. The number of hydrogen-bond acceptors (Lipinski definition) is 4. The summed E-state index contributed by atoms with van der Waals surface area (Å²) in [5.74, 6) is -0.329. The first-order valence-corrected chi connectivity index (χ1v) is 10.3. The van der Waals surface area contributed by atoms with Gasteiger partial charge in [-0.3, -0.25) is 4.98 Å². The molecule has 0 aliphatic heterocycles. The van der Waals surface area contributed by atoms with Crippen LogP contribution in [-0.4, -0.2) is 24.0 Å². The normalized spacial score (nSPS) is 11.3. The Morgan fingerprint density at radius 3 is 2.45 bits per heavy atom. The Kier molecular flexibility index (Phi) is 5.81. The Hall–Kier alpha value is -3.15. The van der Waals surface area contributed by atoms with Gasteiger partial charge in [0.15, 0.2) is 0 Å². The molecule has 1 heterocycles. The van der Waals surface area contributed by atoms with E-state index in [2.05, 4.69) is 27.3 Å². The molecule has 31 heavy (non-hydrogen) atoms. The van der Waals surface area contributed by atoms with Crippen LogP contribution < -0.4 is 11.1 Å². The van der Waals surface area contributed by atoms with Crippen molar-refractivity contribution in [3.8, 4) is 11.1 Å². The minimum atomic E-state index is -0.329. The number of nitrogen functional groups attached to an aromatic ring is 1. The lowest BCUT2D eigenvalue weighted by Crippen LogP contribution is -2.10. The van der Waals surface area contributed by atoms with E-state index in [1.165, 1.54) is 11.6 Å². The van der Waals surface area contributed by atoms with Crippen molar-refractivity contribution < 1.29 is 4.39 Å². The number of benzene rings is 3.